The number of pyridine rings is 2. The van der Waals surface area contributed by atoms with Crippen LogP contribution in [-0.2, 0) is 13.6 Å². The second-order valence-electron chi connectivity index (χ2n) is 5.49. The summed E-state index contributed by atoms with van der Waals surface area (Å²) in [5, 5.41) is 4.16. The molecule has 3 aromatic rings. The SMILES string of the molecule is Cn1cc(C2=Nc3c(-c4cnc(CN)c(F)c4)ccnc3[B]2)cn1. The molecule has 0 spiro atoms. The zero-order chi connectivity index (χ0) is 16.7. The van der Waals surface area contributed by atoms with Gasteiger partial charge in [-0.1, -0.05) is 0 Å². The molecule has 0 aromatic carbocycles. The van der Waals surface area contributed by atoms with E-state index in [1.165, 1.54) is 6.07 Å². The van der Waals surface area contributed by atoms with E-state index in [-0.39, 0.29) is 12.2 Å². The van der Waals surface area contributed by atoms with E-state index in [1.807, 2.05) is 20.5 Å². The maximum absolute atomic E-state index is 14.0. The number of rotatable bonds is 3. The molecular formula is C16H13BFN6. The molecule has 0 unspecified atom stereocenters. The van der Waals surface area contributed by atoms with E-state index < -0.39 is 5.82 Å². The van der Waals surface area contributed by atoms with Crippen molar-refractivity contribution in [1.29, 1.82) is 0 Å². The Hall–Kier alpha value is -2.87. The maximum atomic E-state index is 14.0. The highest BCUT2D eigenvalue weighted by atomic mass is 19.1. The average Bonchev–Trinajstić information content (AvgIpc) is 3.20. The first kappa shape index (κ1) is 14.7. The monoisotopic (exact) mass is 319 g/mol. The highest BCUT2D eigenvalue weighted by Gasteiger charge is 2.23. The van der Waals surface area contributed by atoms with Gasteiger partial charge in [-0.2, -0.15) is 5.10 Å². The number of aromatic nitrogens is 4. The number of nitrogens with two attached hydrogens (primary N) is 1. The Bertz CT molecular complexity index is 965. The van der Waals surface area contributed by atoms with Crippen molar-refractivity contribution in [3.8, 4) is 11.1 Å². The number of fused-ring (bicyclic) bond motifs is 1. The van der Waals surface area contributed by atoms with Crippen LogP contribution in [0, 0.1) is 5.82 Å². The van der Waals surface area contributed by atoms with Gasteiger partial charge in [0.2, 0.25) is 7.28 Å². The van der Waals surface area contributed by atoms with Gasteiger partial charge in [-0.3, -0.25) is 19.6 Å². The van der Waals surface area contributed by atoms with Crippen LogP contribution >= 0.6 is 0 Å². The first-order valence-corrected chi connectivity index (χ1v) is 7.42. The van der Waals surface area contributed by atoms with Gasteiger partial charge in [-0.05, 0) is 12.1 Å². The highest BCUT2D eigenvalue weighted by Crippen LogP contribution is 2.31. The van der Waals surface area contributed by atoms with Gasteiger partial charge in [0.15, 0.2) is 0 Å². The van der Waals surface area contributed by atoms with Crippen LogP contribution in [0.3, 0.4) is 0 Å². The van der Waals surface area contributed by atoms with Gasteiger partial charge in [-0.25, -0.2) is 4.39 Å². The lowest BCUT2D eigenvalue weighted by Crippen LogP contribution is -2.21. The zero-order valence-electron chi connectivity index (χ0n) is 12.9. The smallest absolute Gasteiger partial charge is 0.246 e. The van der Waals surface area contributed by atoms with E-state index >= 15 is 0 Å². The van der Waals surface area contributed by atoms with Crippen LogP contribution in [0.25, 0.3) is 11.1 Å². The Morgan fingerprint density at radius 1 is 1.25 bits per heavy atom. The predicted molar refractivity (Wildman–Crippen MR) is 90.1 cm³/mol. The summed E-state index contributed by atoms with van der Waals surface area (Å²) >= 11 is 0. The standard InChI is InChI=1S/C16H13BFN6/c1-24-8-10(7-22-24)15-17-16-14(23-15)11(2-3-20-16)9-4-12(18)13(5-19)21-6-9/h2-4,6-8H,5,19H2,1H3. The van der Waals surface area contributed by atoms with Crippen LogP contribution in [0.4, 0.5) is 10.1 Å². The average molecular weight is 319 g/mol. The minimum absolute atomic E-state index is 0.0671. The van der Waals surface area contributed by atoms with Gasteiger partial charge in [0.05, 0.1) is 17.6 Å². The second-order valence-corrected chi connectivity index (χ2v) is 5.49. The van der Waals surface area contributed by atoms with Gasteiger partial charge in [-0.15, -0.1) is 0 Å². The third-order valence-corrected chi connectivity index (χ3v) is 3.88. The molecule has 4 heterocycles. The third kappa shape index (κ3) is 2.41. The summed E-state index contributed by atoms with van der Waals surface area (Å²) in [4.78, 5) is 13.1. The molecule has 1 radical (unpaired) electrons. The molecule has 1 aliphatic heterocycles. The van der Waals surface area contributed by atoms with Crippen LogP contribution in [0.2, 0.25) is 0 Å². The Balaban J connectivity index is 1.79. The highest BCUT2D eigenvalue weighted by molar-refractivity contribution is 6.90. The molecule has 0 saturated carbocycles. The lowest BCUT2D eigenvalue weighted by molar-refractivity contribution is 0.600. The van der Waals surface area contributed by atoms with Crippen molar-refractivity contribution in [2.24, 2.45) is 17.8 Å². The van der Waals surface area contributed by atoms with Gasteiger partial charge in [0.1, 0.15) is 5.82 Å². The number of aliphatic imine (C=N–C) groups is 1. The van der Waals surface area contributed by atoms with Gasteiger partial charge in [0, 0.05) is 60.1 Å². The fourth-order valence-corrected chi connectivity index (χ4v) is 2.67. The predicted octanol–water partition coefficient (Wildman–Crippen LogP) is 0.896. The van der Waals surface area contributed by atoms with Crippen LogP contribution in [0.1, 0.15) is 11.3 Å². The number of nitrogens with zero attached hydrogens (tertiary/aromatic N) is 5. The lowest BCUT2D eigenvalue weighted by atomic mass is 9.68. The maximum Gasteiger partial charge on any atom is 0.246 e. The molecule has 6 nitrogen and oxygen atoms in total. The largest absolute Gasteiger partial charge is 0.325 e. The molecule has 0 atom stereocenters. The lowest BCUT2D eigenvalue weighted by Gasteiger charge is -2.07. The van der Waals surface area contributed by atoms with Crippen molar-refractivity contribution in [1.82, 2.24) is 19.7 Å². The molecule has 2 N–H and O–H groups in total. The van der Waals surface area contributed by atoms with E-state index in [1.54, 1.807) is 29.3 Å². The quantitative estimate of drug-likeness (QED) is 0.727. The molecule has 8 heteroatoms. The van der Waals surface area contributed by atoms with E-state index in [9.17, 15) is 4.39 Å². The van der Waals surface area contributed by atoms with E-state index in [4.69, 9.17) is 5.73 Å². The molecule has 1 aliphatic rings. The molecular weight excluding hydrogens is 306 g/mol. The van der Waals surface area contributed by atoms with Crippen molar-refractivity contribution >= 4 is 24.2 Å². The van der Waals surface area contributed by atoms with Crippen LogP contribution in [0.5, 0.6) is 0 Å². The van der Waals surface area contributed by atoms with Crippen LogP contribution < -0.4 is 11.3 Å². The summed E-state index contributed by atoms with van der Waals surface area (Å²) in [5.74, 6) is -0.418. The normalized spacial score (nSPS) is 12.7. The first-order valence-electron chi connectivity index (χ1n) is 7.42. The Labute approximate surface area is 138 Å². The third-order valence-electron chi connectivity index (χ3n) is 3.88. The molecule has 0 saturated heterocycles. The topological polar surface area (TPSA) is 82.0 Å². The van der Waals surface area contributed by atoms with Crippen molar-refractivity contribution < 1.29 is 4.39 Å². The summed E-state index contributed by atoms with van der Waals surface area (Å²) in [5.41, 5.74) is 10.3. The molecule has 0 bridgehead atoms. The summed E-state index contributed by atoms with van der Waals surface area (Å²) in [7, 11) is 3.75. The summed E-state index contributed by atoms with van der Waals surface area (Å²) < 4.78 is 15.7. The fraction of sp³-hybridized carbons (Fsp3) is 0.125. The number of halogens is 1. The first-order chi connectivity index (χ1) is 11.7. The zero-order valence-corrected chi connectivity index (χ0v) is 12.9. The van der Waals surface area contributed by atoms with Crippen molar-refractivity contribution in [2.75, 3.05) is 0 Å². The summed E-state index contributed by atoms with van der Waals surface area (Å²) in [6.45, 7) is 0.0671. The Morgan fingerprint density at radius 2 is 2.12 bits per heavy atom. The summed E-state index contributed by atoms with van der Waals surface area (Å²) in [6, 6.07) is 3.24. The number of hydrogen-bond acceptors (Lipinski definition) is 5. The molecule has 4 rings (SSSR count). The Morgan fingerprint density at radius 3 is 2.83 bits per heavy atom. The van der Waals surface area contributed by atoms with Gasteiger partial charge < -0.3 is 5.73 Å². The van der Waals surface area contributed by atoms with Crippen molar-refractivity contribution in [2.45, 2.75) is 6.54 Å². The molecule has 0 fully saturated rings. The van der Waals surface area contributed by atoms with Crippen molar-refractivity contribution in [3.05, 3.63) is 54.0 Å². The molecule has 3 aromatic heterocycles. The fourth-order valence-electron chi connectivity index (χ4n) is 2.67. The minimum Gasteiger partial charge on any atom is -0.325 e. The minimum atomic E-state index is -0.418. The molecule has 117 valence electrons. The van der Waals surface area contributed by atoms with Crippen LogP contribution in [-0.4, -0.2) is 32.6 Å². The second kappa shape index (κ2) is 5.65. The number of aryl methyl sites for hydroxylation is 1. The van der Waals surface area contributed by atoms with E-state index in [0.29, 0.717) is 11.3 Å². The molecule has 0 aliphatic carbocycles. The summed E-state index contributed by atoms with van der Waals surface area (Å²) in [6.07, 6.45) is 6.93. The molecule has 0 amide bonds. The van der Waals surface area contributed by atoms with Gasteiger partial charge >= 0.3 is 0 Å². The Kier molecular flexibility index (Phi) is 3.46. The van der Waals surface area contributed by atoms with Crippen molar-refractivity contribution in [3.63, 3.8) is 0 Å². The molecule has 24 heavy (non-hydrogen) atoms. The van der Waals surface area contributed by atoms with E-state index in [0.717, 1.165) is 22.3 Å². The van der Waals surface area contributed by atoms with Gasteiger partial charge in [0.25, 0.3) is 0 Å². The number of hydrogen-bond donors (Lipinski definition) is 1. The van der Waals surface area contributed by atoms with Crippen LogP contribution in [0.15, 0.2) is 41.9 Å². The van der Waals surface area contributed by atoms with E-state index in [2.05, 4.69) is 20.1 Å².